The van der Waals surface area contributed by atoms with Crippen LogP contribution >= 0.6 is 0 Å². The van der Waals surface area contributed by atoms with E-state index in [-0.39, 0.29) is 11.9 Å². The van der Waals surface area contributed by atoms with Crippen LogP contribution < -0.4 is 0 Å². The molecule has 0 aromatic rings. The molecule has 0 aliphatic carbocycles. The molecule has 21 heavy (non-hydrogen) atoms. The van der Waals surface area contributed by atoms with E-state index in [2.05, 4.69) is 10.8 Å². The van der Waals surface area contributed by atoms with Crippen molar-refractivity contribution in [3.05, 3.63) is 0 Å². The normalized spacial score (nSPS) is 21.8. The summed E-state index contributed by atoms with van der Waals surface area (Å²) in [5.74, 6) is 2.89. The molecule has 0 N–H and O–H groups in total. The number of hydrogen-bond acceptors (Lipinski definition) is 4. The zero-order valence-electron chi connectivity index (χ0n) is 13.1. The van der Waals surface area contributed by atoms with Crippen LogP contribution in [0.3, 0.4) is 0 Å². The van der Waals surface area contributed by atoms with Gasteiger partial charge in [-0.3, -0.25) is 4.79 Å². The number of carbonyl (C=O) groups excluding carboxylic acids is 2. The van der Waals surface area contributed by atoms with Gasteiger partial charge in [0.1, 0.15) is 11.4 Å². The molecule has 0 atom stereocenters. The second kappa shape index (κ2) is 5.69. The Morgan fingerprint density at radius 1 is 1.38 bits per heavy atom. The highest BCUT2D eigenvalue weighted by atomic mass is 16.6. The SMILES string of the molecule is C#CCCN1CCC(=O)C2(C1)CN(C(=O)OC(C)(C)C)C2. The summed E-state index contributed by atoms with van der Waals surface area (Å²) < 4.78 is 5.34. The van der Waals surface area contributed by atoms with Gasteiger partial charge in [-0.1, -0.05) is 0 Å². The summed E-state index contributed by atoms with van der Waals surface area (Å²) in [6.07, 6.45) is 6.21. The molecule has 0 saturated carbocycles. The molecule has 116 valence electrons. The maximum atomic E-state index is 12.2. The van der Waals surface area contributed by atoms with E-state index in [0.717, 1.165) is 13.1 Å². The number of piperidine rings is 1. The number of amides is 1. The molecule has 1 amide bonds. The Hall–Kier alpha value is -1.54. The summed E-state index contributed by atoms with van der Waals surface area (Å²) in [5, 5.41) is 0. The Labute approximate surface area is 126 Å². The lowest BCUT2D eigenvalue weighted by molar-refractivity contribution is -0.145. The van der Waals surface area contributed by atoms with Crippen LogP contribution in [-0.4, -0.2) is 60.0 Å². The highest BCUT2D eigenvalue weighted by Crippen LogP contribution is 2.37. The van der Waals surface area contributed by atoms with E-state index >= 15 is 0 Å². The molecule has 5 nitrogen and oxygen atoms in total. The van der Waals surface area contributed by atoms with Crippen LogP contribution in [0, 0.1) is 17.8 Å². The van der Waals surface area contributed by atoms with Gasteiger partial charge in [0.15, 0.2) is 0 Å². The second-order valence-corrected chi connectivity index (χ2v) is 7.02. The molecule has 0 unspecified atom stereocenters. The number of Topliss-reactive ketones (excluding diaryl/α,β-unsaturated/α-hetero) is 1. The minimum absolute atomic E-state index is 0.263. The van der Waals surface area contributed by atoms with Gasteiger partial charge in [-0.2, -0.15) is 0 Å². The lowest BCUT2D eigenvalue weighted by Crippen LogP contribution is -2.68. The van der Waals surface area contributed by atoms with Crippen LogP contribution in [0.4, 0.5) is 4.79 Å². The molecule has 0 aromatic heterocycles. The van der Waals surface area contributed by atoms with Crippen LogP contribution in [0.2, 0.25) is 0 Å². The topological polar surface area (TPSA) is 49.9 Å². The number of ketones is 1. The van der Waals surface area contributed by atoms with Crippen molar-refractivity contribution in [2.75, 3.05) is 32.7 Å². The lowest BCUT2D eigenvalue weighted by Gasteiger charge is -2.52. The number of rotatable bonds is 2. The number of carbonyl (C=O) groups is 2. The summed E-state index contributed by atoms with van der Waals surface area (Å²) in [4.78, 5) is 28.1. The van der Waals surface area contributed by atoms with Crippen molar-refractivity contribution < 1.29 is 14.3 Å². The average molecular weight is 292 g/mol. The molecule has 0 radical (unpaired) electrons. The van der Waals surface area contributed by atoms with Crippen molar-refractivity contribution in [1.29, 1.82) is 0 Å². The molecule has 2 saturated heterocycles. The molecule has 1 spiro atoms. The fourth-order valence-corrected chi connectivity index (χ4v) is 2.95. The van der Waals surface area contributed by atoms with E-state index in [1.54, 1.807) is 4.90 Å². The number of nitrogens with zero attached hydrogens (tertiary/aromatic N) is 2. The summed E-state index contributed by atoms with van der Waals surface area (Å²) in [7, 11) is 0. The standard InChI is InChI=1S/C16H24N2O3/c1-5-6-8-17-9-7-13(19)16(10-17)11-18(12-16)14(20)21-15(2,3)4/h1H,6-12H2,2-4H3. The van der Waals surface area contributed by atoms with Crippen molar-refractivity contribution in [3.63, 3.8) is 0 Å². The van der Waals surface area contributed by atoms with Gasteiger partial charge in [-0.15, -0.1) is 12.3 Å². The quantitative estimate of drug-likeness (QED) is 0.724. The maximum Gasteiger partial charge on any atom is 0.410 e. The van der Waals surface area contributed by atoms with Gasteiger partial charge in [0.2, 0.25) is 0 Å². The minimum Gasteiger partial charge on any atom is -0.444 e. The van der Waals surface area contributed by atoms with Gasteiger partial charge >= 0.3 is 6.09 Å². The van der Waals surface area contributed by atoms with Crippen LogP contribution in [0.25, 0.3) is 0 Å². The van der Waals surface area contributed by atoms with Crippen molar-refractivity contribution in [1.82, 2.24) is 9.80 Å². The fourth-order valence-electron chi connectivity index (χ4n) is 2.95. The molecule has 0 aromatic carbocycles. The Kier molecular flexibility index (Phi) is 4.29. The van der Waals surface area contributed by atoms with E-state index in [4.69, 9.17) is 11.2 Å². The second-order valence-electron chi connectivity index (χ2n) is 7.02. The molecule has 2 aliphatic rings. The van der Waals surface area contributed by atoms with Crippen LogP contribution in [0.1, 0.15) is 33.6 Å². The summed E-state index contributed by atoms with van der Waals surface area (Å²) in [6, 6.07) is 0. The van der Waals surface area contributed by atoms with Crippen LogP contribution in [0.15, 0.2) is 0 Å². The lowest BCUT2D eigenvalue weighted by atomic mass is 9.72. The summed E-state index contributed by atoms with van der Waals surface area (Å²) in [6.45, 7) is 8.75. The number of terminal acetylenes is 1. The first-order valence-electron chi connectivity index (χ1n) is 7.43. The Morgan fingerprint density at radius 2 is 2.05 bits per heavy atom. The van der Waals surface area contributed by atoms with Gasteiger partial charge in [0.05, 0.1) is 5.41 Å². The Balaban J connectivity index is 1.91. The molecule has 2 aliphatic heterocycles. The molecule has 5 heteroatoms. The highest BCUT2D eigenvalue weighted by molar-refractivity contribution is 5.89. The first-order valence-corrected chi connectivity index (χ1v) is 7.43. The number of likely N-dealkylation sites (tertiary alicyclic amines) is 2. The molecule has 2 fully saturated rings. The predicted octanol–water partition coefficient (Wildman–Crippen LogP) is 1.52. The predicted molar refractivity (Wildman–Crippen MR) is 79.8 cm³/mol. The van der Waals surface area contributed by atoms with Crippen molar-refractivity contribution in [3.8, 4) is 12.3 Å². The van der Waals surface area contributed by atoms with Gasteiger partial charge in [-0.05, 0) is 20.8 Å². The first kappa shape index (κ1) is 15.8. The Bertz CT molecular complexity index is 467. The summed E-state index contributed by atoms with van der Waals surface area (Å²) in [5.41, 5.74) is -0.904. The van der Waals surface area contributed by atoms with Gasteiger partial charge in [-0.25, -0.2) is 4.79 Å². The number of hydrogen-bond donors (Lipinski definition) is 0. The van der Waals surface area contributed by atoms with E-state index in [1.165, 1.54) is 0 Å². The van der Waals surface area contributed by atoms with Gasteiger partial charge in [0, 0.05) is 45.6 Å². The molecular formula is C16H24N2O3. The zero-order valence-corrected chi connectivity index (χ0v) is 13.1. The van der Waals surface area contributed by atoms with Crippen molar-refractivity contribution in [2.24, 2.45) is 5.41 Å². The molecular weight excluding hydrogens is 268 g/mol. The third-order valence-corrected chi connectivity index (χ3v) is 3.98. The average Bonchev–Trinajstić information content (AvgIpc) is 2.33. The van der Waals surface area contributed by atoms with E-state index in [0.29, 0.717) is 32.5 Å². The van der Waals surface area contributed by atoms with Crippen molar-refractivity contribution in [2.45, 2.75) is 39.2 Å². The monoisotopic (exact) mass is 292 g/mol. The van der Waals surface area contributed by atoms with Crippen LogP contribution in [0.5, 0.6) is 0 Å². The van der Waals surface area contributed by atoms with Gasteiger partial charge in [0.25, 0.3) is 0 Å². The Morgan fingerprint density at radius 3 is 2.62 bits per heavy atom. The van der Waals surface area contributed by atoms with Crippen LogP contribution in [-0.2, 0) is 9.53 Å². The van der Waals surface area contributed by atoms with E-state index < -0.39 is 11.0 Å². The van der Waals surface area contributed by atoms with E-state index in [9.17, 15) is 9.59 Å². The molecule has 0 bridgehead atoms. The van der Waals surface area contributed by atoms with Gasteiger partial charge < -0.3 is 14.5 Å². The largest absolute Gasteiger partial charge is 0.444 e. The maximum absolute atomic E-state index is 12.2. The summed E-state index contributed by atoms with van der Waals surface area (Å²) >= 11 is 0. The fraction of sp³-hybridized carbons (Fsp3) is 0.750. The van der Waals surface area contributed by atoms with E-state index in [1.807, 2.05) is 20.8 Å². The third kappa shape index (κ3) is 3.56. The van der Waals surface area contributed by atoms with Crippen molar-refractivity contribution >= 4 is 11.9 Å². The first-order chi connectivity index (χ1) is 9.76. The highest BCUT2D eigenvalue weighted by Gasteiger charge is 2.53. The zero-order chi connectivity index (χ0) is 15.7. The minimum atomic E-state index is -0.505. The molecule has 2 rings (SSSR count). The smallest absolute Gasteiger partial charge is 0.410 e. The third-order valence-electron chi connectivity index (χ3n) is 3.98. The molecule has 2 heterocycles. The number of ether oxygens (including phenoxy) is 1.